The highest BCUT2D eigenvalue weighted by Crippen LogP contribution is 2.22. The number of benzene rings is 1. The van der Waals surface area contributed by atoms with E-state index in [2.05, 4.69) is 10.3 Å². The summed E-state index contributed by atoms with van der Waals surface area (Å²) in [6.45, 7) is 0. The zero-order valence-corrected chi connectivity index (χ0v) is 8.84. The average Bonchev–Trinajstić information content (AvgIpc) is 2.62. The molecule has 2 aromatic rings. The van der Waals surface area contributed by atoms with Crippen molar-refractivity contribution in [1.82, 2.24) is 4.98 Å². The van der Waals surface area contributed by atoms with Crippen LogP contribution in [0.2, 0.25) is 0 Å². The van der Waals surface area contributed by atoms with Crippen LogP contribution in [0.4, 0.5) is 5.69 Å². The summed E-state index contributed by atoms with van der Waals surface area (Å²) in [5.41, 5.74) is 1.82. The Kier molecular flexibility index (Phi) is 2.92. The molecule has 0 radical (unpaired) electrons. The number of carbonyl (C=O) groups is 1. The number of para-hydroxylation sites is 1. The number of H-pyrrole nitrogens is 1. The second-order valence-electron chi connectivity index (χ2n) is 3.24. The van der Waals surface area contributed by atoms with Crippen LogP contribution >= 0.6 is 11.6 Å². The average molecular weight is 223 g/mol. The highest BCUT2D eigenvalue weighted by molar-refractivity contribution is 6.19. The lowest BCUT2D eigenvalue weighted by atomic mass is 10.2. The van der Waals surface area contributed by atoms with E-state index < -0.39 is 0 Å². The van der Waals surface area contributed by atoms with Crippen molar-refractivity contribution in [2.45, 2.75) is 6.42 Å². The monoisotopic (exact) mass is 222 g/mol. The minimum absolute atomic E-state index is 0.0604. The van der Waals surface area contributed by atoms with Crippen LogP contribution < -0.4 is 5.32 Å². The summed E-state index contributed by atoms with van der Waals surface area (Å²) < 4.78 is 0. The van der Waals surface area contributed by atoms with Gasteiger partial charge in [-0.1, -0.05) is 18.2 Å². The van der Waals surface area contributed by atoms with Gasteiger partial charge in [-0.05, 0) is 6.07 Å². The highest BCUT2D eigenvalue weighted by atomic mass is 35.5. The first-order valence-electron chi connectivity index (χ1n) is 4.73. The number of halogens is 1. The van der Waals surface area contributed by atoms with Crippen molar-refractivity contribution in [3.63, 3.8) is 0 Å². The summed E-state index contributed by atoms with van der Waals surface area (Å²) in [5, 5.41) is 3.83. The molecule has 2 rings (SSSR count). The third-order valence-corrected chi connectivity index (χ3v) is 2.37. The third-order valence-electron chi connectivity index (χ3n) is 2.18. The Bertz CT molecular complexity index is 478. The Labute approximate surface area is 92.4 Å². The normalized spacial score (nSPS) is 10.5. The molecule has 0 spiro atoms. The van der Waals surface area contributed by atoms with Crippen LogP contribution in [0.3, 0.4) is 0 Å². The second-order valence-corrected chi connectivity index (χ2v) is 3.61. The summed E-state index contributed by atoms with van der Waals surface area (Å²) in [6.07, 6.45) is 2.12. The zero-order valence-electron chi connectivity index (χ0n) is 8.09. The number of carbonyl (C=O) groups excluding carboxylic acids is 1. The second kappa shape index (κ2) is 4.36. The van der Waals surface area contributed by atoms with E-state index in [9.17, 15) is 4.79 Å². The third kappa shape index (κ3) is 2.13. The van der Waals surface area contributed by atoms with Gasteiger partial charge in [0.1, 0.15) is 0 Å². The molecule has 3 nitrogen and oxygen atoms in total. The smallest absolute Gasteiger partial charge is 0.225 e. The van der Waals surface area contributed by atoms with Crippen molar-refractivity contribution in [2.24, 2.45) is 0 Å². The van der Waals surface area contributed by atoms with Crippen LogP contribution in [0.15, 0.2) is 30.5 Å². The van der Waals surface area contributed by atoms with Crippen molar-refractivity contribution in [3.05, 3.63) is 30.5 Å². The van der Waals surface area contributed by atoms with Gasteiger partial charge in [0.2, 0.25) is 5.91 Å². The van der Waals surface area contributed by atoms with Gasteiger partial charge >= 0.3 is 0 Å². The van der Waals surface area contributed by atoms with E-state index in [4.69, 9.17) is 11.6 Å². The molecule has 1 heterocycles. The molecule has 0 saturated heterocycles. The Morgan fingerprint density at radius 2 is 2.20 bits per heavy atom. The molecule has 2 N–H and O–H groups in total. The molecular formula is C11H11ClN2O. The number of rotatable bonds is 3. The van der Waals surface area contributed by atoms with Crippen LogP contribution in [0.5, 0.6) is 0 Å². The number of anilines is 1. The molecule has 0 aliphatic heterocycles. The first kappa shape index (κ1) is 10.1. The molecule has 15 heavy (non-hydrogen) atoms. The quantitative estimate of drug-likeness (QED) is 0.771. The van der Waals surface area contributed by atoms with Gasteiger partial charge in [-0.3, -0.25) is 4.79 Å². The van der Waals surface area contributed by atoms with E-state index in [-0.39, 0.29) is 5.91 Å². The van der Waals surface area contributed by atoms with Crippen molar-refractivity contribution in [3.8, 4) is 0 Å². The van der Waals surface area contributed by atoms with Gasteiger partial charge in [-0.25, -0.2) is 0 Å². The van der Waals surface area contributed by atoms with Gasteiger partial charge < -0.3 is 10.3 Å². The Hall–Kier alpha value is -1.48. The molecule has 1 amide bonds. The highest BCUT2D eigenvalue weighted by Gasteiger charge is 2.05. The van der Waals surface area contributed by atoms with Gasteiger partial charge in [0, 0.05) is 29.4 Å². The van der Waals surface area contributed by atoms with E-state index in [0.29, 0.717) is 12.3 Å². The first-order valence-corrected chi connectivity index (χ1v) is 5.26. The lowest BCUT2D eigenvalue weighted by molar-refractivity contribution is -0.115. The predicted octanol–water partition coefficient (Wildman–Crippen LogP) is 2.74. The number of aromatic nitrogens is 1. The van der Waals surface area contributed by atoms with E-state index in [0.717, 1.165) is 16.6 Å². The molecule has 0 saturated carbocycles. The van der Waals surface area contributed by atoms with Gasteiger partial charge in [-0.2, -0.15) is 0 Å². The van der Waals surface area contributed by atoms with Crippen LogP contribution in [-0.2, 0) is 4.79 Å². The number of aromatic amines is 1. The summed E-state index contributed by atoms with van der Waals surface area (Å²) in [4.78, 5) is 14.4. The van der Waals surface area contributed by atoms with Crippen LogP contribution in [0, 0.1) is 0 Å². The molecule has 0 atom stereocenters. The lowest BCUT2D eigenvalue weighted by Gasteiger charge is -2.01. The van der Waals surface area contributed by atoms with E-state index in [1.54, 1.807) is 6.20 Å². The van der Waals surface area contributed by atoms with Gasteiger partial charge in [0.15, 0.2) is 0 Å². The summed E-state index contributed by atoms with van der Waals surface area (Å²) in [5.74, 6) is 0.281. The molecule has 1 aromatic carbocycles. The largest absolute Gasteiger partial charge is 0.359 e. The number of alkyl halides is 1. The number of hydrogen-bond donors (Lipinski definition) is 2. The van der Waals surface area contributed by atoms with Crippen molar-refractivity contribution < 1.29 is 4.79 Å². The fraction of sp³-hybridized carbons (Fsp3) is 0.182. The molecule has 1 aromatic heterocycles. The molecule has 4 heteroatoms. The minimum Gasteiger partial charge on any atom is -0.359 e. The zero-order chi connectivity index (χ0) is 10.7. The van der Waals surface area contributed by atoms with Crippen molar-refractivity contribution in [2.75, 3.05) is 11.2 Å². The van der Waals surface area contributed by atoms with Crippen molar-refractivity contribution in [1.29, 1.82) is 0 Å². The maximum Gasteiger partial charge on any atom is 0.225 e. The summed E-state index contributed by atoms with van der Waals surface area (Å²) in [6, 6.07) is 7.81. The first-order chi connectivity index (χ1) is 7.31. The Morgan fingerprint density at radius 1 is 1.40 bits per heavy atom. The minimum atomic E-state index is -0.0604. The fourth-order valence-corrected chi connectivity index (χ4v) is 1.65. The van der Waals surface area contributed by atoms with Crippen LogP contribution in [0.1, 0.15) is 6.42 Å². The van der Waals surface area contributed by atoms with Gasteiger partial charge in [-0.15, -0.1) is 11.6 Å². The maximum atomic E-state index is 11.3. The van der Waals surface area contributed by atoms with Crippen LogP contribution in [0.25, 0.3) is 10.9 Å². The Morgan fingerprint density at radius 3 is 3.00 bits per heavy atom. The van der Waals surface area contributed by atoms with Crippen molar-refractivity contribution >= 4 is 34.1 Å². The molecule has 0 bridgehead atoms. The van der Waals surface area contributed by atoms with Gasteiger partial charge in [0.25, 0.3) is 0 Å². The topological polar surface area (TPSA) is 44.9 Å². The Balaban J connectivity index is 2.25. The number of nitrogens with one attached hydrogen (secondary N) is 2. The number of amides is 1. The lowest BCUT2D eigenvalue weighted by Crippen LogP contribution is -2.11. The maximum absolute atomic E-state index is 11.3. The molecule has 78 valence electrons. The van der Waals surface area contributed by atoms with Gasteiger partial charge in [0.05, 0.1) is 5.69 Å². The SMILES string of the molecule is O=C(CCCl)Nc1c[nH]c2ccccc12. The number of hydrogen-bond acceptors (Lipinski definition) is 1. The predicted molar refractivity (Wildman–Crippen MR) is 62.3 cm³/mol. The summed E-state index contributed by atoms with van der Waals surface area (Å²) in [7, 11) is 0. The van der Waals surface area contributed by atoms with E-state index in [1.807, 2.05) is 24.3 Å². The fourth-order valence-electron chi connectivity index (χ4n) is 1.47. The van der Waals surface area contributed by atoms with E-state index >= 15 is 0 Å². The molecule has 0 fully saturated rings. The molecule has 0 aliphatic rings. The number of fused-ring (bicyclic) bond motifs is 1. The standard InChI is InChI=1S/C11H11ClN2O/c12-6-5-11(15)14-10-7-13-9-4-2-1-3-8(9)10/h1-4,7,13H,5-6H2,(H,14,15). The molecular weight excluding hydrogens is 212 g/mol. The molecule has 0 aliphatic carbocycles. The van der Waals surface area contributed by atoms with E-state index in [1.165, 1.54) is 0 Å². The van der Waals surface area contributed by atoms with Crippen LogP contribution in [-0.4, -0.2) is 16.8 Å². The summed E-state index contributed by atoms with van der Waals surface area (Å²) >= 11 is 5.49. The molecule has 0 unspecified atom stereocenters.